The van der Waals surface area contributed by atoms with Gasteiger partial charge in [0.2, 0.25) is 0 Å². The van der Waals surface area contributed by atoms with Crippen molar-refractivity contribution in [2.24, 2.45) is 0 Å². The summed E-state index contributed by atoms with van der Waals surface area (Å²) in [5.74, 6) is 4.85. The summed E-state index contributed by atoms with van der Waals surface area (Å²) in [4.78, 5) is 12.2. The normalized spacial score (nSPS) is 9.08. The molecule has 0 spiro atoms. The molecule has 13 heavy (non-hydrogen) atoms. The van der Waals surface area contributed by atoms with Gasteiger partial charge in [0, 0.05) is 19.5 Å². The Hall–Kier alpha value is -1.27. The molecular weight excluding hydrogens is 166 g/mol. The first-order valence-corrected chi connectivity index (χ1v) is 4.15. The first kappa shape index (κ1) is 11.7. The second kappa shape index (κ2) is 7.38. The lowest BCUT2D eigenvalue weighted by molar-refractivity contribution is -0.138. The third-order valence-corrected chi connectivity index (χ3v) is 1.48. The molecule has 3 nitrogen and oxygen atoms in total. The van der Waals surface area contributed by atoms with Gasteiger partial charge in [0.25, 0.3) is 0 Å². The van der Waals surface area contributed by atoms with Crippen LogP contribution in [0.3, 0.4) is 0 Å². The molecule has 0 unspecified atom stereocenters. The van der Waals surface area contributed by atoms with Gasteiger partial charge in [0.05, 0.1) is 6.54 Å². The van der Waals surface area contributed by atoms with Gasteiger partial charge >= 0.3 is 5.97 Å². The molecule has 0 aliphatic rings. The third kappa shape index (κ3) is 7.10. The number of carbonyl (C=O) groups is 1. The number of hydrogen-bond acceptors (Lipinski definition) is 2. The second-order valence-corrected chi connectivity index (χ2v) is 2.59. The Labute approximate surface area is 79.0 Å². The van der Waals surface area contributed by atoms with Crippen molar-refractivity contribution < 1.29 is 9.90 Å². The maximum absolute atomic E-state index is 10.4. The van der Waals surface area contributed by atoms with Crippen molar-refractivity contribution in [3.05, 3.63) is 12.7 Å². The molecule has 0 radical (unpaired) electrons. The monoisotopic (exact) mass is 181 g/mol. The lowest BCUT2D eigenvalue weighted by Crippen LogP contribution is -2.30. The first-order valence-electron chi connectivity index (χ1n) is 4.15. The molecule has 0 aromatic rings. The van der Waals surface area contributed by atoms with Crippen molar-refractivity contribution in [3.8, 4) is 11.8 Å². The Kier molecular flexibility index (Phi) is 6.66. The van der Waals surface area contributed by atoms with Gasteiger partial charge in [-0.25, -0.2) is 0 Å². The van der Waals surface area contributed by atoms with Gasteiger partial charge in [-0.1, -0.05) is 6.08 Å². The fraction of sp³-hybridized carbons (Fsp3) is 0.500. The molecule has 0 aliphatic carbocycles. The van der Waals surface area contributed by atoms with Crippen molar-refractivity contribution >= 4 is 5.97 Å². The highest BCUT2D eigenvalue weighted by Gasteiger charge is 2.05. The molecule has 0 amide bonds. The summed E-state index contributed by atoms with van der Waals surface area (Å²) in [6, 6.07) is 0. The lowest BCUT2D eigenvalue weighted by atomic mass is 10.3. The van der Waals surface area contributed by atoms with Crippen LogP contribution in [-0.2, 0) is 4.79 Å². The van der Waals surface area contributed by atoms with Gasteiger partial charge in [-0.15, -0.1) is 18.4 Å². The Bertz CT molecular complexity index is 225. The van der Waals surface area contributed by atoms with E-state index in [-0.39, 0.29) is 6.54 Å². The zero-order valence-corrected chi connectivity index (χ0v) is 7.92. The molecule has 0 saturated carbocycles. The molecule has 3 heteroatoms. The number of nitrogens with zero attached hydrogens (tertiary/aromatic N) is 1. The summed E-state index contributed by atoms with van der Waals surface area (Å²) < 4.78 is 0. The zero-order valence-electron chi connectivity index (χ0n) is 7.92. The summed E-state index contributed by atoms with van der Waals surface area (Å²) in [6.07, 6.45) is 2.40. The highest BCUT2D eigenvalue weighted by molar-refractivity contribution is 5.69. The fourth-order valence-corrected chi connectivity index (χ4v) is 0.948. The molecule has 0 aromatic carbocycles. The van der Waals surface area contributed by atoms with Gasteiger partial charge in [-0.3, -0.25) is 9.69 Å². The molecule has 0 atom stereocenters. The van der Waals surface area contributed by atoms with Gasteiger partial charge in [-0.2, -0.15) is 0 Å². The van der Waals surface area contributed by atoms with E-state index in [1.807, 2.05) is 0 Å². The van der Waals surface area contributed by atoms with Gasteiger partial charge < -0.3 is 5.11 Å². The molecule has 0 bridgehead atoms. The third-order valence-electron chi connectivity index (χ3n) is 1.48. The summed E-state index contributed by atoms with van der Waals surface area (Å²) in [7, 11) is 0. The summed E-state index contributed by atoms with van der Waals surface area (Å²) >= 11 is 0. The molecule has 0 saturated heterocycles. The standard InChI is InChI=1S/C10H15NO2/c1-3-5-6-8-11(7-4-2)9-10(12)13/h4H,2,6-9H2,1H3,(H,12,13). The zero-order chi connectivity index (χ0) is 10.1. The van der Waals surface area contributed by atoms with Crippen LogP contribution in [0.2, 0.25) is 0 Å². The van der Waals surface area contributed by atoms with Crippen molar-refractivity contribution in [1.82, 2.24) is 4.90 Å². The van der Waals surface area contributed by atoms with Crippen molar-refractivity contribution in [2.45, 2.75) is 13.3 Å². The smallest absolute Gasteiger partial charge is 0.317 e. The highest BCUT2D eigenvalue weighted by Crippen LogP contribution is 1.91. The van der Waals surface area contributed by atoms with E-state index in [4.69, 9.17) is 5.11 Å². The van der Waals surface area contributed by atoms with Crippen LogP contribution in [0.5, 0.6) is 0 Å². The van der Waals surface area contributed by atoms with E-state index in [9.17, 15) is 4.79 Å². The lowest BCUT2D eigenvalue weighted by Gasteiger charge is -2.16. The minimum atomic E-state index is -0.814. The molecule has 72 valence electrons. The number of aliphatic carboxylic acids is 1. The predicted octanol–water partition coefficient (Wildman–Crippen LogP) is 0.972. The summed E-state index contributed by atoms with van der Waals surface area (Å²) in [5.41, 5.74) is 0. The number of rotatable bonds is 6. The van der Waals surface area contributed by atoms with Crippen LogP contribution >= 0.6 is 0 Å². The van der Waals surface area contributed by atoms with Crippen molar-refractivity contribution in [3.63, 3.8) is 0 Å². The topological polar surface area (TPSA) is 40.5 Å². The van der Waals surface area contributed by atoms with E-state index >= 15 is 0 Å². The van der Waals surface area contributed by atoms with E-state index < -0.39 is 5.97 Å². The molecular formula is C10H15NO2. The van der Waals surface area contributed by atoms with Crippen LogP contribution in [0.4, 0.5) is 0 Å². The number of carboxylic acids is 1. The summed E-state index contributed by atoms with van der Waals surface area (Å²) in [6.45, 7) is 6.67. The van der Waals surface area contributed by atoms with Crippen LogP contribution in [0, 0.1) is 11.8 Å². The van der Waals surface area contributed by atoms with Crippen LogP contribution in [0.1, 0.15) is 13.3 Å². The maximum Gasteiger partial charge on any atom is 0.317 e. The Balaban J connectivity index is 3.83. The van der Waals surface area contributed by atoms with E-state index in [1.54, 1.807) is 17.9 Å². The Morgan fingerprint density at radius 3 is 2.85 bits per heavy atom. The molecule has 0 aromatic heterocycles. The largest absolute Gasteiger partial charge is 0.480 e. The Morgan fingerprint density at radius 2 is 2.38 bits per heavy atom. The highest BCUT2D eigenvalue weighted by atomic mass is 16.4. The maximum atomic E-state index is 10.4. The predicted molar refractivity (Wildman–Crippen MR) is 52.3 cm³/mol. The number of carboxylic acid groups (broad SMARTS) is 1. The molecule has 1 N–H and O–H groups in total. The quantitative estimate of drug-likeness (QED) is 0.490. The van der Waals surface area contributed by atoms with Crippen LogP contribution in [0.25, 0.3) is 0 Å². The van der Waals surface area contributed by atoms with Gasteiger partial charge in [0.15, 0.2) is 0 Å². The van der Waals surface area contributed by atoms with Gasteiger partial charge in [-0.05, 0) is 6.92 Å². The first-order chi connectivity index (χ1) is 6.20. The van der Waals surface area contributed by atoms with Gasteiger partial charge in [0.1, 0.15) is 0 Å². The molecule has 0 fully saturated rings. The molecule has 0 aliphatic heterocycles. The van der Waals surface area contributed by atoms with Crippen molar-refractivity contribution in [1.29, 1.82) is 0 Å². The van der Waals surface area contributed by atoms with Crippen molar-refractivity contribution in [2.75, 3.05) is 19.6 Å². The van der Waals surface area contributed by atoms with E-state index in [0.29, 0.717) is 19.5 Å². The fourth-order valence-electron chi connectivity index (χ4n) is 0.948. The molecule has 0 heterocycles. The minimum absolute atomic E-state index is 0.0530. The second-order valence-electron chi connectivity index (χ2n) is 2.59. The molecule has 0 rings (SSSR count). The average Bonchev–Trinajstić information content (AvgIpc) is 2.04. The summed E-state index contributed by atoms with van der Waals surface area (Å²) in [5, 5.41) is 8.56. The minimum Gasteiger partial charge on any atom is -0.480 e. The van der Waals surface area contributed by atoms with Crippen LogP contribution in [0.15, 0.2) is 12.7 Å². The van der Waals surface area contributed by atoms with Crippen LogP contribution < -0.4 is 0 Å². The average molecular weight is 181 g/mol. The van der Waals surface area contributed by atoms with E-state index in [0.717, 1.165) is 0 Å². The van der Waals surface area contributed by atoms with Crippen LogP contribution in [-0.4, -0.2) is 35.6 Å². The Morgan fingerprint density at radius 1 is 1.69 bits per heavy atom. The number of hydrogen-bond donors (Lipinski definition) is 1. The van der Waals surface area contributed by atoms with E-state index in [1.165, 1.54) is 0 Å². The SMILES string of the molecule is C=CCN(CCC#CC)CC(=O)O. The van der Waals surface area contributed by atoms with E-state index in [2.05, 4.69) is 18.4 Å².